The lowest BCUT2D eigenvalue weighted by Crippen LogP contribution is -2.41. The van der Waals surface area contributed by atoms with E-state index in [0.717, 1.165) is 33.4 Å². The van der Waals surface area contributed by atoms with Gasteiger partial charge in [0, 0.05) is 36.7 Å². The van der Waals surface area contributed by atoms with Crippen molar-refractivity contribution >= 4 is 29.0 Å². The van der Waals surface area contributed by atoms with Gasteiger partial charge in [-0.15, -0.1) is 0 Å². The van der Waals surface area contributed by atoms with Crippen molar-refractivity contribution in [3.8, 4) is 11.3 Å². The topological polar surface area (TPSA) is 84.2 Å². The van der Waals surface area contributed by atoms with Crippen LogP contribution in [0.15, 0.2) is 85.1 Å². The van der Waals surface area contributed by atoms with E-state index >= 15 is 0 Å². The van der Waals surface area contributed by atoms with Gasteiger partial charge in [-0.1, -0.05) is 60.7 Å². The van der Waals surface area contributed by atoms with Gasteiger partial charge in [-0.05, 0) is 29.3 Å². The van der Waals surface area contributed by atoms with Crippen LogP contribution in [0.3, 0.4) is 0 Å². The Morgan fingerprint density at radius 3 is 2.41 bits per heavy atom. The maximum absolute atomic E-state index is 12.6. The first-order chi connectivity index (χ1) is 15.5. The number of nitrogens with one attached hydrogen (secondary N) is 1. The summed E-state index contributed by atoms with van der Waals surface area (Å²) in [5, 5.41) is 13.1. The molecule has 1 amide bonds. The van der Waals surface area contributed by atoms with Crippen molar-refractivity contribution in [3.05, 3.63) is 96.2 Å². The molecule has 0 aliphatic heterocycles. The molecular weight excluding hydrogens is 402 g/mol. The number of hydrogen-bond donors (Lipinski definition) is 2. The molecule has 2 heterocycles. The van der Waals surface area contributed by atoms with Crippen LogP contribution >= 0.6 is 0 Å². The van der Waals surface area contributed by atoms with Crippen LogP contribution in [-0.4, -0.2) is 32.6 Å². The van der Waals surface area contributed by atoms with Crippen LogP contribution < -0.4 is 5.32 Å². The molecule has 6 nitrogen and oxygen atoms in total. The highest BCUT2D eigenvalue weighted by atomic mass is 16.4. The quantitative estimate of drug-likeness (QED) is 0.437. The Kier molecular flexibility index (Phi) is 6.12. The van der Waals surface area contributed by atoms with Crippen molar-refractivity contribution in [1.29, 1.82) is 0 Å². The monoisotopic (exact) mass is 425 g/mol. The maximum Gasteiger partial charge on any atom is 0.326 e. The third-order valence-electron chi connectivity index (χ3n) is 5.33. The van der Waals surface area contributed by atoms with Crippen LogP contribution in [-0.2, 0) is 23.1 Å². The summed E-state index contributed by atoms with van der Waals surface area (Å²) in [6.07, 6.45) is 5.06. The first kappa shape index (κ1) is 21.1. The Balaban J connectivity index is 1.63. The number of amides is 1. The van der Waals surface area contributed by atoms with E-state index in [4.69, 9.17) is 0 Å². The van der Waals surface area contributed by atoms with Gasteiger partial charge >= 0.3 is 5.97 Å². The number of nitrogens with zero attached hydrogens (tertiary/aromatic N) is 2. The van der Waals surface area contributed by atoms with Gasteiger partial charge in [-0.3, -0.25) is 4.79 Å². The normalized spacial score (nSPS) is 12.2. The fourth-order valence-electron chi connectivity index (χ4n) is 3.83. The number of hydrogen-bond acceptors (Lipinski definition) is 3. The predicted molar refractivity (Wildman–Crippen MR) is 125 cm³/mol. The van der Waals surface area contributed by atoms with E-state index in [-0.39, 0.29) is 6.42 Å². The SMILES string of the molecule is Cn1c(-c2ccccc2)c(/C=C/C(=O)N[C@H](Cc2ccccc2)C(=O)O)c2cccnc21. The number of rotatable bonds is 7. The minimum atomic E-state index is -1.07. The Morgan fingerprint density at radius 1 is 1.03 bits per heavy atom. The van der Waals surface area contributed by atoms with Crippen LogP contribution in [0.2, 0.25) is 0 Å². The Bertz CT molecular complexity index is 1280. The summed E-state index contributed by atoms with van der Waals surface area (Å²) in [6, 6.07) is 21.9. The molecule has 0 saturated carbocycles. The molecule has 2 N–H and O–H groups in total. The largest absolute Gasteiger partial charge is 0.480 e. The molecule has 0 spiro atoms. The molecule has 1 atom stereocenters. The van der Waals surface area contributed by atoms with Crippen molar-refractivity contribution < 1.29 is 14.7 Å². The summed E-state index contributed by atoms with van der Waals surface area (Å²) in [4.78, 5) is 28.8. The number of aromatic nitrogens is 2. The van der Waals surface area contributed by atoms with Crippen molar-refractivity contribution in [2.24, 2.45) is 7.05 Å². The zero-order valence-electron chi connectivity index (χ0n) is 17.6. The van der Waals surface area contributed by atoms with Gasteiger partial charge in [0.1, 0.15) is 11.7 Å². The Morgan fingerprint density at radius 2 is 1.72 bits per heavy atom. The minimum absolute atomic E-state index is 0.212. The van der Waals surface area contributed by atoms with Crippen molar-refractivity contribution in [3.63, 3.8) is 0 Å². The van der Waals surface area contributed by atoms with Gasteiger partial charge in [0.05, 0.1) is 5.69 Å². The lowest BCUT2D eigenvalue weighted by molar-refractivity contribution is -0.141. The second-order valence-corrected chi connectivity index (χ2v) is 7.48. The number of aliphatic carboxylic acids is 1. The predicted octanol–water partition coefficient (Wildman–Crippen LogP) is 4.07. The van der Waals surface area contributed by atoms with Gasteiger partial charge in [0.2, 0.25) is 5.91 Å². The van der Waals surface area contributed by atoms with Crippen molar-refractivity contribution in [2.75, 3.05) is 0 Å². The van der Waals surface area contributed by atoms with Gasteiger partial charge in [0.25, 0.3) is 0 Å². The number of benzene rings is 2. The molecule has 0 bridgehead atoms. The van der Waals surface area contributed by atoms with E-state index in [9.17, 15) is 14.7 Å². The average Bonchev–Trinajstić information content (AvgIpc) is 3.10. The highest BCUT2D eigenvalue weighted by molar-refractivity contribution is 6.01. The third-order valence-corrected chi connectivity index (χ3v) is 5.33. The molecule has 0 aliphatic carbocycles. The lowest BCUT2D eigenvalue weighted by atomic mass is 10.0. The van der Waals surface area contributed by atoms with E-state index in [0.29, 0.717) is 0 Å². The van der Waals surface area contributed by atoms with Crippen LogP contribution in [0, 0.1) is 0 Å². The number of carboxylic acids is 1. The molecule has 6 heteroatoms. The lowest BCUT2D eigenvalue weighted by Gasteiger charge is -2.13. The van der Waals surface area contributed by atoms with Gasteiger partial charge < -0.3 is 15.0 Å². The summed E-state index contributed by atoms with van der Waals surface area (Å²) in [5.74, 6) is -1.54. The molecular formula is C26H23N3O3. The van der Waals surface area contributed by atoms with Crippen LogP contribution in [0.4, 0.5) is 0 Å². The number of carboxylic acid groups (broad SMARTS) is 1. The highest BCUT2D eigenvalue weighted by Crippen LogP contribution is 2.32. The molecule has 0 saturated heterocycles. The Hall–Kier alpha value is -4.19. The second-order valence-electron chi connectivity index (χ2n) is 7.48. The number of aryl methyl sites for hydroxylation is 1. The van der Waals surface area contributed by atoms with E-state index in [2.05, 4.69) is 10.3 Å². The summed E-state index contributed by atoms with van der Waals surface area (Å²) in [6.45, 7) is 0. The molecule has 2 aromatic carbocycles. The molecule has 2 aromatic heterocycles. The minimum Gasteiger partial charge on any atom is -0.480 e. The van der Waals surface area contributed by atoms with E-state index < -0.39 is 17.9 Å². The van der Waals surface area contributed by atoms with Crippen molar-refractivity contribution in [1.82, 2.24) is 14.9 Å². The zero-order chi connectivity index (χ0) is 22.5. The van der Waals surface area contributed by atoms with Crippen LogP contribution in [0.1, 0.15) is 11.1 Å². The van der Waals surface area contributed by atoms with Crippen LogP contribution in [0.25, 0.3) is 28.4 Å². The zero-order valence-corrected chi connectivity index (χ0v) is 17.6. The van der Waals surface area contributed by atoms with E-state index in [1.54, 1.807) is 12.3 Å². The number of pyridine rings is 1. The summed E-state index contributed by atoms with van der Waals surface area (Å²) >= 11 is 0. The summed E-state index contributed by atoms with van der Waals surface area (Å²) in [7, 11) is 1.94. The fourth-order valence-corrected chi connectivity index (χ4v) is 3.83. The van der Waals surface area contributed by atoms with Crippen molar-refractivity contribution in [2.45, 2.75) is 12.5 Å². The number of carbonyl (C=O) groups is 2. The smallest absolute Gasteiger partial charge is 0.326 e. The van der Waals surface area contributed by atoms with Gasteiger partial charge in [0.15, 0.2) is 0 Å². The molecule has 0 aliphatic rings. The summed E-state index contributed by atoms with van der Waals surface area (Å²) < 4.78 is 2.00. The molecule has 0 fully saturated rings. The van der Waals surface area contributed by atoms with Gasteiger partial charge in [-0.2, -0.15) is 0 Å². The first-order valence-corrected chi connectivity index (χ1v) is 10.3. The second kappa shape index (κ2) is 9.31. The molecule has 160 valence electrons. The van der Waals surface area contributed by atoms with Gasteiger partial charge in [-0.25, -0.2) is 9.78 Å². The maximum atomic E-state index is 12.6. The highest BCUT2D eigenvalue weighted by Gasteiger charge is 2.20. The molecule has 4 aromatic rings. The van der Waals surface area contributed by atoms with Crippen LogP contribution in [0.5, 0.6) is 0 Å². The third kappa shape index (κ3) is 4.44. The van der Waals surface area contributed by atoms with E-state index in [1.807, 2.05) is 84.4 Å². The Labute approximate surface area is 185 Å². The molecule has 0 unspecified atom stereocenters. The van der Waals surface area contributed by atoms with E-state index in [1.165, 1.54) is 6.08 Å². The average molecular weight is 425 g/mol. The molecule has 32 heavy (non-hydrogen) atoms. The first-order valence-electron chi connectivity index (χ1n) is 10.3. The number of fused-ring (bicyclic) bond motifs is 1. The fraction of sp³-hybridized carbons (Fsp3) is 0.115. The summed E-state index contributed by atoms with van der Waals surface area (Å²) in [5.41, 5.74) is 4.43. The molecule has 4 rings (SSSR count). The standard InChI is InChI=1S/C26H23N3O3/c1-29-24(19-11-6-3-7-12-19)20(21-13-8-16-27-25(21)29)14-15-23(30)28-22(26(31)32)17-18-9-4-2-5-10-18/h2-16,22H,17H2,1H3,(H,28,30)(H,31,32)/b15-14+/t22-/m1/s1. The molecule has 0 radical (unpaired) electrons. The number of carbonyl (C=O) groups excluding carboxylic acids is 1.